The number of fused-ring (bicyclic) bond motifs is 1. The van der Waals surface area contributed by atoms with E-state index < -0.39 is 0 Å². The van der Waals surface area contributed by atoms with Gasteiger partial charge in [-0.25, -0.2) is 9.97 Å². The highest BCUT2D eigenvalue weighted by Gasteiger charge is 2.25. The highest BCUT2D eigenvalue weighted by atomic mass is 15.2. The van der Waals surface area contributed by atoms with Gasteiger partial charge in [0.25, 0.3) is 0 Å². The van der Waals surface area contributed by atoms with Crippen LogP contribution in [0.5, 0.6) is 0 Å². The number of nitrogens with two attached hydrogens (primary N) is 1. The van der Waals surface area contributed by atoms with Crippen molar-refractivity contribution in [1.82, 2.24) is 9.97 Å². The Balaban J connectivity index is 1.98. The summed E-state index contributed by atoms with van der Waals surface area (Å²) in [5.74, 6) is 2.82. The molecule has 0 aliphatic carbocycles. The molecule has 1 aliphatic rings. The topological polar surface area (TPSA) is 55.0 Å². The van der Waals surface area contributed by atoms with E-state index in [1.807, 2.05) is 24.3 Å². The number of hydrogen-bond donors (Lipinski definition) is 1. The number of anilines is 2. The molecule has 2 aromatic rings. The quantitative estimate of drug-likeness (QED) is 0.852. The first-order valence-corrected chi connectivity index (χ1v) is 6.92. The maximum absolute atomic E-state index is 6.08. The van der Waals surface area contributed by atoms with Crippen molar-refractivity contribution in [3.05, 3.63) is 24.3 Å². The van der Waals surface area contributed by atoms with Gasteiger partial charge in [-0.2, -0.15) is 0 Å². The third-order valence-electron chi connectivity index (χ3n) is 4.21. The van der Waals surface area contributed by atoms with Gasteiger partial charge in [-0.15, -0.1) is 0 Å². The summed E-state index contributed by atoms with van der Waals surface area (Å²) in [5, 5.41) is 0. The van der Waals surface area contributed by atoms with Gasteiger partial charge in [0.1, 0.15) is 0 Å². The molecule has 3 rings (SSSR count). The zero-order chi connectivity index (χ0) is 13.4. The Labute approximate surface area is 113 Å². The minimum absolute atomic E-state index is 0.542. The van der Waals surface area contributed by atoms with E-state index in [2.05, 4.69) is 23.7 Å². The molecule has 0 bridgehead atoms. The SMILES string of the molecule is CC1CCN(c2nc3ccccc3nc2N)CC1C. The number of piperidine rings is 1. The molecule has 0 radical (unpaired) electrons. The molecule has 0 amide bonds. The number of hydrogen-bond acceptors (Lipinski definition) is 4. The number of aromatic nitrogens is 2. The minimum Gasteiger partial charge on any atom is -0.381 e. The molecule has 2 heterocycles. The van der Waals surface area contributed by atoms with Crippen LogP contribution < -0.4 is 10.6 Å². The van der Waals surface area contributed by atoms with Gasteiger partial charge < -0.3 is 10.6 Å². The first kappa shape index (κ1) is 12.2. The highest BCUT2D eigenvalue weighted by molar-refractivity contribution is 5.79. The van der Waals surface area contributed by atoms with Crippen LogP contribution in [0, 0.1) is 11.8 Å². The van der Waals surface area contributed by atoms with Gasteiger partial charge >= 0.3 is 0 Å². The summed E-state index contributed by atoms with van der Waals surface area (Å²) in [6.45, 7) is 6.64. The monoisotopic (exact) mass is 256 g/mol. The number of nitrogen functional groups attached to an aromatic ring is 1. The van der Waals surface area contributed by atoms with Gasteiger partial charge in [0.15, 0.2) is 11.6 Å². The molecule has 2 unspecified atom stereocenters. The largest absolute Gasteiger partial charge is 0.381 e. The Bertz CT molecular complexity index is 596. The number of nitrogens with zero attached hydrogens (tertiary/aromatic N) is 3. The van der Waals surface area contributed by atoms with Crippen molar-refractivity contribution < 1.29 is 0 Å². The summed E-state index contributed by atoms with van der Waals surface area (Å²) in [4.78, 5) is 11.4. The molecule has 4 heteroatoms. The number of benzene rings is 1. The molecule has 100 valence electrons. The molecular formula is C15H20N4. The lowest BCUT2D eigenvalue weighted by Crippen LogP contribution is -2.39. The normalized spacial score (nSPS) is 23.8. The molecular weight excluding hydrogens is 236 g/mol. The van der Waals surface area contributed by atoms with Crippen LogP contribution in [-0.2, 0) is 0 Å². The first-order valence-electron chi connectivity index (χ1n) is 6.92. The summed E-state index contributed by atoms with van der Waals surface area (Å²) in [6.07, 6.45) is 1.19. The Morgan fingerprint density at radius 3 is 2.47 bits per heavy atom. The van der Waals surface area contributed by atoms with Crippen LogP contribution in [-0.4, -0.2) is 23.1 Å². The smallest absolute Gasteiger partial charge is 0.172 e. The summed E-state index contributed by atoms with van der Waals surface area (Å²) >= 11 is 0. The Hall–Kier alpha value is -1.84. The van der Waals surface area contributed by atoms with E-state index >= 15 is 0 Å². The molecule has 1 aliphatic heterocycles. The first-order chi connectivity index (χ1) is 9.15. The minimum atomic E-state index is 0.542. The second-order valence-electron chi connectivity index (χ2n) is 5.61. The molecule has 0 saturated carbocycles. The molecule has 1 aromatic heterocycles. The highest BCUT2D eigenvalue weighted by Crippen LogP contribution is 2.29. The second-order valence-corrected chi connectivity index (χ2v) is 5.61. The van der Waals surface area contributed by atoms with Crippen LogP contribution in [0.2, 0.25) is 0 Å². The van der Waals surface area contributed by atoms with Crippen LogP contribution in [0.15, 0.2) is 24.3 Å². The van der Waals surface area contributed by atoms with E-state index in [9.17, 15) is 0 Å². The van der Waals surface area contributed by atoms with E-state index in [-0.39, 0.29) is 0 Å². The van der Waals surface area contributed by atoms with Gasteiger partial charge in [0.05, 0.1) is 11.0 Å². The Kier molecular flexibility index (Phi) is 3.01. The predicted molar refractivity (Wildman–Crippen MR) is 79.1 cm³/mol. The van der Waals surface area contributed by atoms with E-state index in [1.165, 1.54) is 6.42 Å². The van der Waals surface area contributed by atoms with Crippen molar-refractivity contribution in [2.45, 2.75) is 20.3 Å². The molecule has 1 fully saturated rings. The summed E-state index contributed by atoms with van der Waals surface area (Å²) in [6, 6.07) is 7.88. The molecule has 19 heavy (non-hydrogen) atoms. The Morgan fingerprint density at radius 1 is 1.11 bits per heavy atom. The van der Waals surface area contributed by atoms with E-state index in [0.717, 1.165) is 35.9 Å². The van der Waals surface area contributed by atoms with Crippen molar-refractivity contribution in [1.29, 1.82) is 0 Å². The third kappa shape index (κ3) is 2.23. The van der Waals surface area contributed by atoms with E-state index in [1.54, 1.807) is 0 Å². The van der Waals surface area contributed by atoms with E-state index in [4.69, 9.17) is 10.7 Å². The molecule has 0 spiro atoms. The average Bonchev–Trinajstić information content (AvgIpc) is 2.41. The zero-order valence-electron chi connectivity index (χ0n) is 11.5. The fourth-order valence-electron chi connectivity index (χ4n) is 2.69. The van der Waals surface area contributed by atoms with Gasteiger partial charge in [0.2, 0.25) is 0 Å². The lowest BCUT2D eigenvalue weighted by atomic mass is 9.89. The lowest BCUT2D eigenvalue weighted by molar-refractivity contribution is 0.323. The fraction of sp³-hybridized carbons (Fsp3) is 0.467. The van der Waals surface area contributed by atoms with Crippen molar-refractivity contribution in [2.75, 3.05) is 23.7 Å². The average molecular weight is 256 g/mol. The maximum Gasteiger partial charge on any atom is 0.172 e. The van der Waals surface area contributed by atoms with Gasteiger partial charge in [-0.1, -0.05) is 26.0 Å². The molecule has 2 atom stereocenters. The third-order valence-corrected chi connectivity index (χ3v) is 4.21. The fourth-order valence-corrected chi connectivity index (χ4v) is 2.69. The van der Waals surface area contributed by atoms with Crippen LogP contribution in [0.25, 0.3) is 11.0 Å². The number of para-hydroxylation sites is 2. The van der Waals surface area contributed by atoms with Crippen LogP contribution >= 0.6 is 0 Å². The Morgan fingerprint density at radius 2 is 1.79 bits per heavy atom. The molecule has 1 aromatic carbocycles. The molecule has 4 nitrogen and oxygen atoms in total. The van der Waals surface area contributed by atoms with Gasteiger partial charge in [-0.05, 0) is 30.4 Å². The van der Waals surface area contributed by atoms with Crippen molar-refractivity contribution >= 4 is 22.7 Å². The van der Waals surface area contributed by atoms with Crippen molar-refractivity contribution in [3.8, 4) is 0 Å². The van der Waals surface area contributed by atoms with Crippen molar-refractivity contribution in [3.63, 3.8) is 0 Å². The zero-order valence-corrected chi connectivity index (χ0v) is 11.5. The van der Waals surface area contributed by atoms with Crippen molar-refractivity contribution in [2.24, 2.45) is 11.8 Å². The van der Waals surface area contributed by atoms with Gasteiger partial charge in [-0.3, -0.25) is 0 Å². The standard InChI is InChI=1S/C15H20N4/c1-10-7-8-19(9-11(10)2)15-14(16)17-12-5-3-4-6-13(12)18-15/h3-6,10-11H,7-9H2,1-2H3,(H2,16,17). The van der Waals surface area contributed by atoms with Crippen LogP contribution in [0.3, 0.4) is 0 Å². The van der Waals surface area contributed by atoms with Crippen LogP contribution in [0.4, 0.5) is 11.6 Å². The summed E-state index contributed by atoms with van der Waals surface area (Å²) < 4.78 is 0. The summed E-state index contributed by atoms with van der Waals surface area (Å²) in [5.41, 5.74) is 7.86. The van der Waals surface area contributed by atoms with Crippen LogP contribution in [0.1, 0.15) is 20.3 Å². The lowest BCUT2D eigenvalue weighted by Gasteiger charge is -2.36. The molecule has 1 saturated heterocycles. The summed E-state index contributed by atoms with van der Waals surface area (Å²) in [7, 11) is 0. The second kappa shape index (κ2) is 4.68. The maximum atomic E-state index is 6.08. The van der Waals surface area contributed by atoms with E-state index in [0.29, 0.717) is 11.7 Å². The number of rotatable bonds is 1. The van der Waals surface area contributed by atoms with Gasteiger partial charge in [0, 0.05) is 13.1 Å². The molecule has 2 N–H and O–H groups in total. The predicted octanol–water partition coefficient (Wildman–Crippen LogP) is 2.69.